The van der Waals surface area contributed by atoms with E-state index in [9.17, 15) is 0 Å². The number of hydrogen-bond donors (Lipinski definition) is 1. The molecule has 0 aliphatic carbocycles. The van der Waals surface area contributed by atoms with Crippen LogP contribution in [0.4, 0.5) is 0 Å². The molecule has 0 spiro atoms. The summed E-state index contributed by atoms with van der Waals surface area (Å²) in [4.78, 5) is 5.67. The molecule has 1 atom stereocenters. The zero-order valence-corrected chi connectivity index (χ0v) is 13.0. The van der Waals surface area contributed by atoms with Crippen molar-refractivity contribution in [1.29, 1.82) is 0 Å². The summed E-state index contributed by atoms with van der Waals surface area (Å²) < 4.78 is 7.89. The highest BCUT2D eigenvalue weighted by atomic mass is 32.1. The Morgan fingerprint density at radius 2 is 2.15 bits per heavy atom. The molecular formula is C15H19N3OS. The van der Waals surface area contributed by atoms with E-state index in [-0.39, 0.29) is 6.04 Å². The predicted octanol–water partition coefficient (Wildman–Crippen LogP) is 3.76. The van der Waals surface area contributed by atoms with E-state index in [1.54, 1.807) is 11.3 Å². The maximum atomic E-state index is 5.66. The lowest BCUT2D eigenvalue weighted by molar-refractivity contribution is 0.414. The van der Waals surface area contributed by atoms with E-state index in [1.165, 1.54) is 11.4 Å². The Labute approximate surface area is 122 Å². The van der Waals surface area contributed by atoms with Gasteiger partial charge in [0.2, 0.25) is 0 Å². The average molecular weight is 289 g/mol. The number of nitrogens with one attached hydrogen (secondary N) is 1. The smallest absolute Gasteiger partial charge is 0.194 e. The standard InChI is InChI=1S/C15H19N3OS/c1-9-8-20-15-17-11(3)13(18(9)15)7-16-12(4)14-6-5-10(2)19-14/h5-6,8,12,16H,7H2,1-4H3. The van der Waals surface area contributed by atoms with Crippen molar-refractivity contribution in [3.63, 3.8) is 0 Å². The monoisotopic (exact) mass is 289 g/mol. The summed E-state index contributed by atoms with van der Waals surface area (Å²) >= 11 is 1.69. The summed E-state index contributed by atoms with van der Waals surface area (Å²) in [6, 6.07) is 4.22. The van der Waals surface area contributed by atoms with E-state index in [1.807, 2.05) is 19.1 Å². The van der Waals surface area contributed by atoms with Crippen molar-refractivity contribution in [3.05, 3.63) is 46.1 Å². The maximum Gasteiger partial charge on any atom is 0.194 e. The van der Waals surface area contributed by atoms with Crippen LogP contribution in [0.1, 0.15) is 41.6 Å². The Bertz CT molecular complexity index is 738. The third kappa shape index (κ3) is 2.27. The molecule has 106 valence electrons. The number of imidazole rings is 1. The summed E-state index contributed by atoms with van der Waals surface area (Å²) in [6.45, 7) is 9.05. The minimum Gasteiger partial charge on any atom is -0.465 e. The highest BCUT2D eigenvalue weighted by Gasteiger charge is 2.14. The van der Waals surface area contributed by atoms with Gasteiger partial charge in [-0.05, 0) is 39.8 Å². The van der Waals surface area contributed by atoms with Gasteiger partial charge in [-0.1, -0.05) is 0 Å². The number of aromatic nitrogens is 2. The lowest BCUT2D eigenvalue weighted by Gasteiger charge is -2.12. The van der Waals surface area contributed by atoms with Crippen LogP contribution in [-0.2, 0) is 6.54 Å². The highest BCUT2D eigenvalue weighted by Crippen LogP contribution is 2.22. The van der Waals surface area contributed by atoms with Gasteiger partial charge >= 0.3 is 0 Å². The first-order chi connectivity index (χ1) is 9.56. The Morgan fingerprint density at radius 3 is 2.85 bits per heavy atom. The molecule has 4 nitrogen and oxygen atoms in total. The second-order valence-electron chi connectivity index (χ2n) is 5.19. The topological polar surface area (TPSA) is 42.5 Å². The number of nitrogens with zero attached hydrogens (tertiary/aromatic N) is 2. The molecule has 0 bridgehead atoms. The number of furan rings is 1. The number of thiazole rings is 1. The molecule has 3 aromatic rings. The molecule has 1 unspecified atom stereocenters. The van der Waals surface area contributed by atoms with Gasteiger partial charge in [-0.25, -0.2) is 4.98 Å². The molecular weight excluding hydrogens is 270 g/mol. The van der Waals surface area contributed by atoms with Gasteiger partial charge in [0, 0.05) is 17.6 Å². The summed E-state index contributed by atoms with van der Waals surface area (Å²) in [5, 5.41) is 5.66. The Balaban J connectivity index is 1.80. The van der Waals surface area contributed by atoms with Crippen molar-refractivity contribution in [3.8, 4) is 0 Å². The molecule has 3 heterocycles. The second kappa shape index (κ2) is 5.07. The molecule has 0 aromatic carbocycles. The lowest BCUT2D eigenvalue weighted by atomic mass is 10.2. The van der Waals surface area contributed by atoms with Gasteiger partial charge in [0.1, 0.15) is 11.5 Å². The third-order valence-corrected chi connectivity index (χ3v) is 4.54. The molecule has 3 aromatic heterocycles. The van der Waals surface area contributed by atoms with Crippen LogP contribution in [-0.4, -0.2) is 9.38 Å². The Hall–Kier alpha value is -1.59. The fourth-order valence-corrected chi connectivity index (χ4v) is 3.34. The summed E-state index contributed by atoms with van der Waals surface area (Å²) in [6.07, 6.45) is 0. The number of hydrogen-bond acceptors (Lipinski definition) is 4. The van der Waals surface area contributed by atoms with Crippen LogP contribution in [0.3, 0.4) is 0 Å². The molecule has 1 N–H and O–H groups in total. The first-order valence-electron chi connectivity index (χ1n) is 6.78. The summed E-state index contributed by atoms with van der Waals surface area (Å²) in [7, 11) is 0. The minimum absolute atomic E-state index is 0.188. The number of rotatable bonds is 4. The van der Waals surface area contributed by atoms with E-state index in [0.29, 0.717) is 0 Å². The zero-order valence-electron chi connectivity index (χ0n) is 12.2. The highest BCUT2D eigenvalue weighted by molar-refractivity contribution is 7.15. The third-order valence-electron chi connectivity index (χ3n) is 3.59. The minimum atomic E-state index is 0.188. The number of aryl methyl sites for hydroxylation is 3. The lowest BCUT2D eigenvalue weighted by Crippen LogP contribution is -2.19. The van der Waals surface area contributed by atoms with E-state index in [4.69, 9.17) is 4.42 Å². The van der Waals surface area contributed by atoms with E-state index in [0.717, 1.165) is 28.7 Å². The summed E-state index contributed by atoms with van der Waals surface area (Å²) in [5.74, 6) is 1.92. The number of fused-ring (bicyclic) bond motifs is 1. The van der Waals surface area contributed by atoms with Gasteiger partial charge in [-0.3, -0.25) is 4.40 Å². The molecule has 20 heavy (non-hydrogen) atoms. The van der Waals surface area contributed by atoms with Crippen molar-refractivity contribution in [2.45, 2.75) is 40.3 Å². The first-order valence-corrected chi connectivity index (χ1v) is 7.66. The van der Waals surface area contributed by atoms with Gasteiger partial charge in [0.15, 0.2) is 4.96 Å². The molecule has 0 aliphatic rings. The zero-order chi connectivity index (χ0) is 14.3. The molecule has 0 fully saturated rings. The average Bonchev–Trinajstić information content (AvgIpc) is 3.06. The van der Waals surface area contributed by atoms with Crippen LogP contribution in [0.25, 0.3) is 4.96 Å². The van der Waals surface area contributed by atoms with Crippen molar-refractivity contribution in [2.24, 2.45) is 0 Å². The largest absolute Gasteiger partial charge is 0.465 e. The van der Waals surface area contributed by atoms with Crippen LogP contribution in [0.5, 0.6) is 0 Å². The maximum absolute atomic E-state index is 5.66. The van der Waals surface area contributed by atoms with Gasteiger partial charge in [-0.15, -0.1) is 11.3 Å². The van der Waals surface area contributed by atoms with E-state index >= 15 is 0 Å². The van der Waals surface area contributed by atoms with Crippen LogP contribution in [0.15, 0.2) is 21.9 Å². The van der Waals surface area contributed by atoms with Gasteiger partial charge in [0.25, 0.3) is 0 Å². The molecule has 3 rings (SSSR count). The Morgan fingerprint density at radius 1 is 1.35 bits per heavy atom. The van der Waals surface area contributed by atoms with Gasteiger partial charge < -0.3 is 9.73 Å². The molecule has 0 radical (unpaired) electrons. The van der Waals surface area contributed by atoms with E-state index < -0.39 is 0 Å². The van der Waals surface area contributed by atoms with Crippen molar-refractivity contribution >= 4 is 16.3 Å². The predicted molar refractivity (Wildman–Crippen MR) is 81.2 cm³/mol. The van der Waals surface area contributed by atoms with Gasteiger partial charge in [0.05, 0.1) is 17.4 Å². The quantitative estimate of drug-likeness (QED) is 0.795. The van der Waals surface area contributed by atoms with Crippen molar-refractivity contribution in [2.75, 3.05) is 0 Å². The van der Waals surface area contributed by atoms with Crippen molar-refractivity contribution < 1.29 is 4.42 Å². The summed E-state index contributed by atoms with van der Waals surface area (Å²) in [5.41, 5.74) is 3.56. The fraction of sp³-hybridized carbons (Fsp3) is 0.400. The first kappa shape index (κ1) is 13.4. The molecule has 5 heteroatoms. The van der Waals surface area contributed by atoms with E-state index in [2.05, 4.69) is 40.9 Å². The van der Waals surface area contributed by atoms with Crippen LogP contribution in [0.2, 0.25) is 0 Å². The second-order valence-corrected chi connectivity index (χ2v) is 6.03. The fourth-order valence-electron chi connectivity index (χ4n) is 2.41. The molecule has 0 saturated carbocycles. The van der Waals surface area contributed by atoms with Crippen molar-refractivity contribution in [1.82, 2.24) is 14.7 Å². The van der Waals surface area contributed by atoms with Crippen LogP contribution < -0.4 is 5.32 Å². The van der Waals surface area contributed by atoms with Crippen LogP contribution in [0, 0.1) is 20.8 Å². The molecule has 0 saturated heterocycles. The normalized spacial score (nSPS) is 13.2. The Kier molecular flexibility index (Phi) is 3.40. The van der Waals surface area contributed by atoms with Crippen LogP contribution >= 0.6 is 11.3 Å². The van der Waals surface area contributed by atoms with Gasteiger partial charge in [-0.2, -0.15) is 0 Å². The molecule has 0 aliphatic heterocycles. The SMILES string of the molecule is Cc1ccc(C(C)NCc2c(C)nc3scc(C)n23)o1. The molecule has 0 amide bonds.